The first kappa shape index (κ1) is 15.9. The van der Waals surface area contributed by atoms with Crippen molar-refractivity contribution < 1.29 is 4.74 Å². The summed E-state index contributed by atoms with van der Waals surface area (Å²) in [5.74, 6) is 0. The van der Waals surface area contributed by atoms with Crippen molar-refractivity contribution in [3.63, 3.8) is 0 Å². The summed E-state index contributed by atoms with van der Waals surface area (Å²) in [4.78, 5) is 2.36. The molecule has 1 aromatic carbocycles. The molecule has 0 unspecified atom stereocenters. The lowest BCUT2D eigenvalue weighted by molar-refractivity contribution is -0.182. The molecule has 2 rings (SSSR count). The number of rotatable bonds is 2. The second-order valence-electron chi connectivity index (χ2n) is 6.74. The molecule has 0 atom stereocenters. The van der Waals surface area contributed by atoms with Crippen LogP contribution in [0.25, 0.3) is 0 Å². The topological polar surface area (TPSA) is 38.5 Å². The van der Waals surface area contributed by atoms with Crippen LogP contribution in [0.15, 0.2) is 12.1 Å². The van der Waals surface area contributed by atoms with Gasteiger partial charge in [-0.2, -0.15) is 0 Å². The molecule has 2 N–H and O–H groups in total. The number of nitrogen functional groups attached to an aromatic ring is 1. The zero-order valence-corrected chi connectivity index (χ0v) is 14.0. The molecule has 1 saturated heterocycles. The fourth-order valence-electron chi connectivity index (χ4n) is 3.04. The molecule has 5 heteroatoms. The minimum Gasteiger partial charge on any atom is -0.396 e. The highest BCUT2D eigenvalue weighted by Crippen LogP contribution is 2.32. The molecule has 0 aliphatic carbocycles. The molecule has 1 heterocycles. The van der Waals surface area contributed by atoms with Gasteiger partial charge in [0.2, 0.25) is 0 Å². The van der Waals surface area contributed by atoms with Gasteiger partial charge in [-0.05, 0) is 45.4 Å². The lowest BCUT2D eigenvalue weighted by Crippen LogP contribution is -2.56. The Morgan fingerprint density at radius 1 is 1.10 bits per heavy atom. The van der Waals surface area contributed by atoms with Crippen molar-refractivity contribution in [2.45, 2.75) is 45.4 Å². The first-order valence-corrected chi connectivity index (χ1v) is 7.49. The van der Waals surface area contributed by atoms with Crippen LogP contribution in [0.4, 0.5) is 5.69 Å². The number of nitrogens with zero attached hydrogens (tertiary/aromatic N) is 1. The van der Waals surface area contributed by atoms with E-state index in [1.54, 1.807) is 0 Å². The Kier molecular flexibility index (Phi) is 4.27. The Morgan fingerprint density at radius 2 is 1.55 bits per heavy atom. The summed E-state index contributed by atoms with van der Waals surface area (Å²) in [6, 6.07) is 3.77. The lowest BCUT2D eigenvalue weighted by atomic mass is 9.98. The number of anilines is 1. The minimum atomic E-state index is -0.164. The molecular formula is C15H22Cl2N2O. The Bertz CT molecular complexity index is 476. The summed E-state index contributed by atoms with van der Waals surface area (Å²) in [5, 5.41) is 1.03. The number of ether oxygens (including phenoxy) is 1. The lowest BCUT2D eigenvalue weighted by Gasteiger charge is -2.47. The first-order valence-electron chi connectivity index (χ1n) is 6.74. The fraction of sp³-hybridized carbons (Fsp3) is 0.600. The van der Waals surface area contributed by atoms with Crippen LogP contribution in [-0.4, -0.2) is 29.2 Å². The van der Waals surface area contributed by atoms with Crippen molar-refractivity contribution in [3.8, 4) is 0 Å². The van der Waals surface area contributed by atoms with Gasteiger partial charge in [-0.3, -0.25) is 4.90 Å². The zero-order valence-electron chi connectivity index (χ0n) is 12.5. The maximum Gasteiger partial charge on any atom is 0.0760 e. The molecule has 0 amide bonds. The quantitative estimate of drug-likeness (QED) is 0.839. The van der Waals surface area contributed by atoms with Gasteiger partial charge >= 0.3 is 0 Å². The molecule has 1 aliphatic rings. The summed E-state index contributed by atoms with van der Waals surface area (Å²) < 4.78 is 6.08. The van der Waals surface area contributed by atoms with Gasteiger partial charge in [0.25, 0.3) is 0 Å². The van der Waals surface area contributed by atoms with E-state index in [1.807, 2.05) is 12.1 Å². The monoisotopic (exact) mass is 316 g/mol. The molecule has 1 aliphatic heterocycles. The fourth-order valence-corrected chi connectivity index (χ4v) is 3.58. The average molecular weight is 317 g/mol. The number of morpholine rings is 1. The van der Waals surface area contributed by atoms with Gasteiger partial charge in [0, 0.05) is 19.6 Å². The summed E-state index contributed by atoms with van der Waals surface area (Å²) in [6.45, 7) is 11.0. The van der Waals surface area contributed by atoms with E-state index in [4.69, 9.17) is 33.7 Å². The summed E-state index contributed by atoms with van der Waals surface area (Å²) in [5.41, 5.74) is 6.96. The molecule has 20 heavy (non-hydrogen) atoms. The van der Waals surface area contributed by atoms with Gasteiger partial charge in [0.15, 0.2) is 0 Å². The van der Waals surface area contributed by atoms with Crippen LogP contribution in [0.2, 0.25) is 10.0 Å². The van der Waals surface area contributed by atoms with Crippen LogP contribution in [0.5, 0.6) is 0 Å². The number of hydrogen-bond donors (Lipinski definition) is 1. The Labute approximate surface area is 131 Å². The predicted octanol–water partition coefficient (Wildman–Crippen LogP) is 3.97. The molecule has 0 spiro atoms. The van der Waals surface area contributed by atoms with E-state index in [0.29, 0.717) is 15.7 Å². The van der Waals surface area contributed by atoms with Crippen molar-refractivity contribution in [2.75, 3.05) is 18.8 Å². The van der Waals surface area contributed by atoms with Crippen molar-refractivity contribution in [3.05, 3.63) is 27.7 Å². The van der Waals surface area contributed by atoms with Crippen LogP contribution in [0.3, 0.4) is 0 Å². The average Bonchev–Trinajstić information content (AvgIpc) is 2.21. The summed E-state index contributed by atoms with van der Waals surface area (Å²) in [6.07, 6.45) is 0. The maximum atomic E-state index is 6.10. The smallest absolute Gasteiger partial charge is 0.0760 e. The third kappa shape index (κ3) is 3.79. The van der Waals surface area contributed by atoms with Gasteiger partial charge in [0.05, 0.1) is 26.9 Å². The zero-order chi connectivity index (χ0) is 15.1. The van der Waals surface area contributed by atoms with E-state index in [-0.39, 0.29) is 11.2 Å². The molecule has 0 saturated carbocycles. The standard InChI is InChI=1S/C15H22Cl2N2O/c1-14(2)8-19(9-15(3,4)20-14)7-10-5-11(16)13(18)12(17)6-10/h5-6H,7-9,18H2,1-4H3. The second-order valence-corrected chi connectivity index (χ2v) is 7.55. The van der Waals surface area contributed by atoms with E-state index in [1.165, 1.54) is 0 Å². The highest BCUT2D eigenvalue weighted by molar-refractivity contribution is 6.38. The first-order chi connectivity index (χ1) is 9.08. The van der Waals surface area contributed by atoms with E-state index in [2.05, 4.69) is 32.6 Å². The number of benzene rings is 1. The normalized spacial score (nSPS) is 21.9. The molecule has 1 fully saturated rings. The van der Waals surface area contributed by atoms with Gasteiger partial charge in [-0.25, -0.2) is 0 Å². The number of halogens is 2. The van der Waals surface area contributed by atoms with Crippen molar-refractivity contribution in [1.29, 1.82) is 0 Å². The van der Waals surface area contributed by atoms with Gasteiger partial charge in [0.1, 0.15) is 0 Å². The van der Waals surface area contributed by atoms with Crippen LogP contribution in [0.1, 0.15) is 33.3 Å². The van der Waals surface area contributed by atoms with Gasteiger partial charge in [-0.1, -0.05) is 23.2 Å². The summed E-state index contributed by atoms with van der Waals surface area (Å²) in [7, 11) is 0. The van der Waals surface area contributed by atoms with Gasteiger partial charge < -0.3 is 10.5 Å². The summed E-state index contributed by atoms with van der Waals surface area (Å²) >= 11 is 12.2. The Balaban J connectivity index is 2.17. The van der Waals surface area contributed by atoms with E-state index in [9.17, 15) is 0 Å². The van der Waals surface area contributed by atoms with Crippen LogP contribution in [0, 0.1) is 0 Å². The van der Waals surface area contributed by atoms with Crippen molar-refractivity contribution in [2.24, 2.45) is 0 Å². The molecule has 0 bridgehead atoms. The molecular weight excluding hydrogens is 295 g/mol. The molecule has 3 nitrogen and oxygen atoms in total. The Morgan fingerprint density at radius 3 is 2.00 bits per heavy atom. The second kappa shape index (κ2) is 5.38. The molecule has 1 aromatic rings. The van der Waals surface area contributed by atoms with Crippen LogP contribution >= 0.6 is 23.2 Å². The number of hydrogen-bond acceptors (Lipinski definition) is 3. The third-order valence-corrected chi connectivity index (χ3v) is 3.93. The van der Waals surface area contributed by atoms with E-state index < -0.39 is 0 Å². The highest BCUT2D eigenvalue weighted by atomic mass is 35.5. The molecule has 112 valence electrons. The van der Waals surface area contributed by atoms with Gasteiger partial charge in [-0.15, -0.1) is 0 Å². The van der Waals surface area contributed by atoms with Crippen LogP contribution in [-0.2, 0) is 11.3 Å². The van der Waals surface area contributed by atoms with Crippen molar-refractivity contribution >= 4 is 28.9 Å². The molecule has 0 aromatic heterocycles. The maximum absolute atomic E-state index is 6.10. The largest absolute Gasteiger partial charge is 0.396 e. The van der Waals surface area contributed by atoms with E-state index in [0.717, 1.165) is 25.2 Å². The highest BCUT2D eigenvalue weighted by Gasteiger charge is 2.37. The number of nitrogens with two attached hydrogens (primary N) is 1. The minimum absolute atomic E-state index is 0.164. The van der Waals surface area contributed by atoms with E-state index >= 15 is 0 Å². The molecule has 0 radical (unpaired) electrons. The van der Waals surface area contributed by atoms with Crippen LogP contribution < -0.4 is 5.73 Å². The SMILES string of the molecule is CC1(C)CN(Cc2cc(Cl)c(N)c(Cl)c2)CC(C)(C)O1. The van der Waals surface area contributed by atoms with Crippen molar-refractivity contribution in [1.82, 2.24) is 4.90 Å². The third-order valence-electron chi connectivity index (χ3n) is 3.31. The predicted molar refractivity (Wildman–Crippen MR) is 85.4 cm³/mol. The Hall–Kier alpha value is -0.480.